The van der Waals surface area contributed by atoms with Crippen LogP contribution in [0.1, 0.15) is 69.6 Å². The first-order chi connectivity index (χ1) is 17.5. The molecule has 190 valence electrons. The summed E-state index contributed by atoms with van der Waals surface area (Å²) in [5.41, 5.74) is 3.35. The molecular weight excluding hydrogens is 457 g/mol. The summed E-state index contributed by atoms with van der Waals surface area (Å²) in [6.07, 6.45) is 10.3. The predicted molar refractivity (Wildman–Crippen MR) is 141 cm³/mol. The summed E-state index contributed by atoms with van der Waals surface area (Å²) in [6.45, 7) is 4.79. The third kappa shape index (κ3) is 6.10. The summed E-state index contributed by atoms with van der Waals surface area (Å²) in [7, 11) is 0. The Morgan fingerprint density at radius 2 is 1.64 bits per heavy atom. The van der Waals surface area contributed by atoms with Gasteiger partial charge in [-0.3, -0.25) is 0 Å². The van der Waals surface area contributed by atoms with Gasteiger partial charge in [-0.1, -0.05) is 80.4 Å². The molecule has 0 radical (unpaired) electrons. The monoisotopic (exact) mass is 492 g/mol. The molecule has 1 nitrogen and oxygen atoms in total. The normalized spacial score (nSPS) is 18.1. The van der Waals surface area contributed by atoms with E-state index < -0.39 is 11.6 Å². The van der Waals surface area contributed by atoms with Crippen molar-refractivity contribution in [2.24, 2.45) is 5.92 Å². The van der Waals surface area contributed by atoms with Gasteiger partial charge in [0.1, 0.15) is 5.82 Å². The SMILES string of the molecule is C/C=C/CCc1ccc(-c2ccc(-c3ccc(C4CCC(CCCC)CO4)c(F)c3)cc2)c(F)c1F. The average Bonchev–Trinajstić information content (AvgIpc) is 2.90. The van der Waals surface area contributed by atoms with Crippen molar-refractivity contribution in [2.45, 2.75) is 64.9 Å². The molecule has 3 aromatic rings. The van der Waals surface area contributed by atoms with Gasteiger partial charge in [-0.25, -0.2) is 13.2 Å². The molecular formula is C32H35F3O. The fourth-order valence-corrected chi connectivity index (χ4v) is 4.99. The van der Waals surface area contributed by atoms with Gasteiger partial charge in [0.2, 0.25) is 0 Å². The van der Waals surface area contributed by atoms with Crippen LogP contribution in [-0.2, 0) is 11.2 Å². The molecule has 36 heavy (non-hydrogen) atoms. The van der Waals surface area contributed by atoms with Crippen molar-refractivity contribution >= 4 is 0 Å². The van der Waals surface area contributed by atoms with Crippen molar-refractivity contribution in [3.63, 3.8) is 0 Å². The number of halogens is 3. The van der Waals surface area contributed by atoms with Crippen molar-refractivity contribution in [2.75, 3.05) is 6.61 Å². The lowest BCUT2D eigenvalue weighted by atomic mass is 9.90. The quantitative estimate of drug-likeness (QED) is 0.270. The fourth-order valence-electron chi connectivity index (χ4n) is 4.99. The highest BCUT2D eigenvalue weighted by Crippen LogP contribution is 2.36. The van der Waals surface area contributed by atoms with Crippen LogP contribution >= 0.6 is 0 Å². The first kappa shape index (κ1) is 26.2. The molecule has 0 aromatic heterocycles. The van der Waals surface area contributed by atoms with Gasteiger partial charge in [-0.05, 0) is 73.3 Å². The van der Waals surface area contributed by atoms with E-state index in [9.17, 15) is 8.78 Å². The molecule has 0 aliphatic carbocycles. The van der Waals surface area contributed by atoms with Gasteiger partial charge in [-0.2, -0.15) is 0 Å². The van der Waals surface area contributed by atoms with Crippen molar-refractivity contribution in [1.29, 1.82) is 0 Å². The second-order valence-electron chi connectivity index (χ2n) is 9.73. The Labute approximate surface area is 213 Å². The zero-order valence-corrected chi connectivity index (χ0v) is 21.2. The van der Waals surface area contributed by atoms with Gasteiger partial charge in [0.05, 0.1) is 12.7 Å². The molecule has 4 rings (SSSR count). The van der Waals surface area contributed by atoms with Crippen molar-refractivity contribution in [1.82, 2.24) is 0 Å². The molecule has 0 spiro atoms. The minimum absolute atomic E-state index is 0.196. The van der Waals surface area contributed by atoms with Crippen LogP contribution in [0.3, 0.4) is 0 Å². The number of benzene rings is 3. The molecule has 0 N–H and O–H groups in total. The molecule has 0 amide bonds. The van der Waals surface area contributed by atoms with E-state index in [4.69, 9.17) is 4.74 Å². The number of aryl methyl sites for hydroxylation is 1. The van der Waals surface area contributed by atoms with E-state index in [-0.39, 0.29) is 17.5 Å². The van der Waals surface area contributed by atoms with Crippen LogP contribution in [0.2, 0.25) is 0 Å². The Kier molecular flexibility index (Phi) is 9.03. The van der Waals surface area contributed by atoms with E-state index in [1.165, 1.54) is 25.3 Å². The zero-order valence-electron chi connectivity index (χ0n) is 21.2. The first-order valence-corrected chi connectivity index (χ1v) is 13.1. The van der Waals surface area contributed by atoms with Gasteiger partial charge in [0.15, 0.2) is 11.6 Å². The molecule has 3 aromatic carbocycles. The Bertz CT molecular complexity index is 1170. The van der Waals surface area contributed by atoms with E-state index in [0.29, 0.717) is 42.1 Å². The smallest absolute Gasteiger partial charge is 0.166 e. The minimum atomic E-state index is -0.833. The van der Waals surface area contributed by atoms with Gasteiger partial charge in [0.25, 0.3) is 0 Å². The molecule has 1 fully saturated rings. The Balaban J connectivity index is 1.46. The van der Waals surface area contributed by atoms with E-state index >= 15 is 4.39 Å². The van der Waals surface area contributed by atoms with Crippen LogP contribution in [0, 0.1) is 23.4 Å². The summed E-state index contributed by atoms with van der Waals surface area (Å²) in [4.78, 5) is 0. The fraction of sp³-hybridized carbons (Fsp3) is 0.375. The van der Waals surface area contributed by atoms with Gasteiger partial charge < -0.3 is 4.74 Å². The number of allylic oxidation sites excluding steroid dienone is 2. The Hall–Kier alpha value is -2.85. The molecule has 2 atom stereocenters. The van der Waals surface area contributed by atoms with Crippen molar-refractivity contribution < 1.29 is 17.9 Å². The molecule has 0 bridgehead atoms. The molecule has 1 aliphatic heterocycles. The summed E-state index contributed by atoms with van der Waals surface area (Å²) in [5, 5.41) is 0. The van der Waals surface area contributed by atoms with Gasteiger partial charge in [-0.15, -0.1) is 0 Å². The van der Waals surface area contributed by atoms with Gasteiger partial charge in [0, 0.05) is 11.1 Å². The average molecular weight is 493 g/mol. The summed E-state index contributed by atoms with van der Waals surface area (Å²) in [5.74, 6) is -1.31. The van der Waals surface area contributed by atoms with Crippen molar-refractivity contribution in [3.05, 3.63) is 95.3 Å². The maximum atomic E-state index is 15.0. The molecule has 1 heterocycles. The lowest BCUT2D eigenvalue weighted by molar-refractivity contribution is -0.0214. The Morgan fingerprint density at radius 1 is 0.889 bits per heavy atom. The number of ether oxygens (including phenoxy) is 1. The second kappa shape index (κ2) is 12.4. The van der Waals surface area contributed by atoms with Crippen LogP contribution < -0.4 is 0 Å². The maximum Gasteiger partial charge on any atom is 0.166 e. The largest absolute Gasteiger partial charge is 0.373 e. The van der Waals surface area contributed by atoms with E-state index in [1.807, 2.05) is 43.3 Å². The number of hydrogen-bond donors (Lipinski definition) is 0. The number of rotatable bonds is 9. The minimum Gasteiger partial charge on any atom is -0.373 e. The number of unbranched alkanes of at least 4 members (excludes halogenated alkanes) is 1. The second-order valence-corrected chi connectivity index (χ2v) is 9.73. The maximum absolute atomic E-state index is 15.0. The van der Waals surface area contributed by atoms with Gasteiger partial charge >= 0.3 is 0 Å². The van der Waals surface area contributed by atoms with Crippen molar-refractivity contribution in [3.8, 4) is 22.3 Å². The highest BCUT2D eigenvalue weighted by atomic mass is 19.2. The topological polar surface area (TPSA) is 9.23 Å². The lowest BCUT2D eigenvalue weighted by Gasteiger charge is -2.29. The summed E-state index contributed by atoms with van der Waals surface area (Å²) in [6, 6.07) is 15.7. The molecule has 1 saturated heterocycles. The summed E-state index contributed by atoms with van der Waals surface area (Å²) >= 11 is 0. The molecule has 4 heteroatoms. The molecule has 2 unspecified atom stereocenters. The molecule has 1 aliphatic rings. The highest BCUT2D eigenvalue weighted by Gasteiger charge is 2.25. The van der Waals surface area contributed by atoms with E-state index in [0.717, 1.165) is 24.0 Å². The van der Waals surface area contributed by atoms with Crippen LogP contribution in [0.15, 0.2) is 66.7 Å². The van der Waals surface area contributed by atoms with E-state index in [1.54, 1.807) is 24.3 Å². The predicted octanol–water partition coefficient (Wildman–Crippen LogP) is 9.60. The zero-order chi connectivity index (χ0) is 25.5. The van der Waals surface area contributed by atoms with Crippen LogP contribution in [-0.4, -0.2) is 6.61 Å². The van der Waals surface area contributed by atoms with Crippen LogP contribution in [0.5, 0.6) is 0 Å². The third-order valence-corrected chi connectivity index (χ3v) is 7.19. The number of hydrogen-bond acceptors (Lipinski definition) is 1. The van der Waals surface area contributed by atoms with E-state index in [2.05, 4.69) is 6.92 Å². The highest BCUT2D eigenvalue weighted by molar-refractivity contribution is 5.71. The van der Waals surface area contributed by atoms with Crippen LogP contribution in [0.4, 0.5) is 13.2 Å². The standard InChI is InChI=1S/C32H35F3O/c1-3-5-7-9-25-15-17-27(32(35)31(25)34)24-13-11-23(12-14-24)26-16-18-28(29(33)20-26)30-19-10-22(21-36-30)8-6-4-2/h3,5,11-18,20,22,30H,4,6-10,19,21H2,1-2H3/b5-3+. The summed E-state index contributed by atoms with van der Waals surface area (Å²) < 4.78 is 50.4. The third-order valence-electron chi connectivity index (χ3n) is 7.19. The molecule has 0 saturated carbocycles. The van der Waals surface area contributed by atoms with Crippen LogP contribution in [0.25, 0.3) is 22.3 Å². The lowest BCUT2D eigenvalue weighted by Crippen LogP contribution is -2.21. The Morgan fingerprint density at radius 3 is 2.31 bits per heavy atom. The first-order valence-electron chi connectivity index (χ1n) is 13.1.